The van der Waals surface area contributed by atoms with Gasteiger partial charge in [-0.25, -0.2) is 0 Å². The van der Waals surface area contributed by atoms with Crippen molar-refractivity contribution in [3.8, 4) is 0 Å². The zero-order valence-corrected chi connectivity index (χ0v) is 10.3. The van der Waals surface area contributed by atoms with Gasteiger partial charge in [0.1, 0.15) is 0 Å². The van der Waals surface area contributed by atoms with Crippen LogP contribution in [0.15, 0.2) is 0 Å². The molecule has 4 nitrogen and oxygen atoms in total. The molecule has 0 spiro atoms. The topological polar surface area (TPSA) is 58.6 Å². The average molecular weight is 229 g/mol. The highest BCUT2D eigenvalue weighted by Crippen LogP contribution is 2.32. The number of aliphatic hydroxyl groups is 1. The Kier molecular flexibility index (Phi) is 5.22. The summed E-state index contributed by atoms with van der Waals surface area (Å²) in [5, 5.41) is 13.0. The third-order valence-electron chi connectivity index (χ3n) is 3.19. The van der Waals surface area contributed by atoms with E-state index >= 15 is 0 Å². The maximum Gasteiger partial charge on any atom is 0.223 e. The fourth-order valence-electron chi connectivity index (χ4n) is 2.20. The summed E-state index contributed by atoms with van der Waals surface area (Å²) >= 11 is 0. The summed E-state index contributed by atoms with van der Waals surface area (Å²) in [6.07, 6.45) is 4.62. The number of carbonyl (C=O) groups is 1. The van der Waals surface area contributed by atoms with Gasteiger partial charge in [0.25, 0.3) is 0 Å². The lowest BCUT2D eigenvalue weighted by Crippen LogP contribution is -2.39. The van der Waals surface area contributed by atoms with Crippen LogP contribution in [0.1, 0.15) is 45.4 Å². The van der Waals surface area contributed by atoms with Gasteiger partial charge in [0, 0.05) is 19.8 Å². The summed E-state index contributed by atoms with van der Waals surface area (Å²) in [6.45, 7) is 2.60. The summed E-state index contributed by atoms with van der Waals surface area (Å²) in [5.41, 5.74) is -0.745. The molecule has 0 aliphatic heterocycles. The number of nitrogens with one attached hydrogen (secondary N) is 1. The monoisotopic (exact) mass is 229 g/mol. The van der Waals surface area contributed by atoms with E-state index in [1.165, 1.54) is 0 Å². The Hall–Kier alpha value is -0.610. The van der Waals surface area contributed by atoms with Gasteiger partial charge in [0.15, 0.2) is 0 Å². The van der Waals surface area contributed by atoms with Crippen LogP contribution in [0.3, 0.4) is 0 Å². The number of hydrogen-bond donors (Lipinski definition) is 2. The molecule has 0 aromatic heterocycles. The second kappa shape index (κ2) is 6.21. The fraction of sp³-hybridized carbons (Fsp3) is 0.917. The van der Waals surface area contributed by atoms with E-state index in [9.17, 15) is 9.90 Å². The van der Waals surface area contributed by atoms with Crippen molar-refractivity contribution < 1.29 is 14.6 Å². The molecule has 0 bridgehead atoms. The lowest BCUT2D eigenvalue weighted by atomic mass is 9.97. The molecule has 1 saturated carbocycles. The van der Waals surface area contributed by atoms with Gasteiger partial charge in [-0.1, -0.05) is 12.8 Å². The molecule has 0 aromatic carbocycles. The van der Waals surface area contributed by atoms with E-state index in [1.54, 1.807) is 7.11 Å². The SMILES string of the molecule is COCCC(C)NC(=O)CC1(O)CCCC1. The highest BCUT2D eigenvalue weighted by Gasteiger charge is 2.33. The molecule has 0 heterocycles. The maximum atomic E-state index is 11.7. The third-order valence-corrected chi connectivity index (χ3v) is 3.19. The van der Waals surface area contributed by atoms with Gasteiger partial charge in [-0.2, -0.15) is 0 Å². The number of amides is 1. The number of carbonyl (C=O) groups excluding carboxylic acids is 1. The van der Waals surface area contributed by atoms with Crippen molar-refractivity contribution >= 4 is 5.91 Å². The van der Waals surface area contributed by atoms with Crippen molar-refractivity contribution in [1.82, 2.24) is 5.32 Å². The Morgan fingerprint density at radius 2 is 2.12 bits per heavy atom. The van der Waals surface area contributed by atoms with E-state index in [2.05, 4.69) is 5.32 Å². The van der Waals surface area contributed by atoms with Gasteiger partial charge in [-0.05, 0) is 26.2 Å². The summed E-state index contributed by atoms with van der Waals surface area (Å²) in [4.78, 5) is 11.7. The smallest absolute Gasteiger partial charge is 0.223 e. The van der Waals surface area contributed by atoms with E-state index in [0.29, 0.717) is 6.61 Å². The molecular formula is C12H23NO3. The maximum absolute atomic E-state index is 11.7. The highest BCUT2D eigenvalue weighted by molar-refractivity contribution is 5.77. The van der Waals surface area contributed by atoms with E-state index in [-0.39, 0.29) is 18.4 Å². The minimum absolute atomic E-state index is 0.0481. The van der Waals surface area contributed by atoms with Crippen LogP contribution in [-0.4, -0.2) is 36.4 Å². The Morgan fingerprint density at radius 3 is 2.69 bits per heavy atom. The number of hydrogen-bond acceptors (Lipinski definition) is 3. The molecule has 4 heteroatoms. The number of ether oxygens (including phenoxy) is 1. The molecular weight excluding hydrogens is 206 g/mol. The van der Waals surface area contributed by atoms with Crippen LogP contribution in [0.2, 0.25) is 0 Å². The van der Waals surface area contributed by atoms with Crippen molar-refractivity contribution in [2.45, 2.75) is 57.1 Å². The minimum atomic E-state index is -0.745. The standard InChI is InChI=1S/C12H23NO3/c1-10(5-8-16-2)13-11(14)9-12(15)6-3-4-7-12/h10,15H,3-9H2,1-2H3,(H,13,14). The largest absolute Gasteiger partial charge is 0.389 e. The van der Waals surface area contributed by atoms with Crippen molar-refractivity contribution in [2.24, 2.45) is 0 Å². The van der Waals surface area contributed by atoms with Crippen LogP contribution >= 0.6 is 0 Å². The zero-order chi connectivity index (χ0) is 12.0. The van der Waals surface area contributed by atoms with E-state index in [0.717, 1.165) is 32.1 Å². The first-order chi connectivity index (χ1) is 7.56. The van der Waals surface area contributed by atoms with Crippen LogP contribution in [0.25, 0.3) is 0 Å². The molecule has 2 N–H and O–H groups in total. The Balaban J connectivity index is 2.24. The van der Waals surface area contributed by atoms with E-state index in [1.807, 2.05) is 6.92 Å². The molecule has 94 valence electrons. The summed E-state index contributed by atoms with van der Waals surface area (Å²) in [6, 6.07) is 0.109. The second-order valence-corrected chi connectivity index (χ2v) is 4.86. The van der Waals surface area contributed by atoms with Crippen LogP contribution in [0.4, 0.5) is 0 Å². The van der Waals surface area contributed by atoms with Crippen molar-refractivity contribution in [2.75, 3.05) is 13.7 Å². The van der Waals surface area contributed by atoms with Gasteiger partial charge in [0.05, 0.1) is 12.0 Å². The molecule has 1 aliphatic rings. The average Bonchev–Trinajstić information content (AvgIpc) is 2.61. The third kappa shape index (κ3) is 4.49. The molecule has 16 heavy (non-hydrogen) atoms. The van der Waals surface area contributed by atoms with Crippen LogP contribution in [0.5, 0.6) is 0 Å². The lowest BCUT2D eigenvalue weighted by Gasteiger charge is -2.22. The molecule has 1 unspecified atom stereocenters. The zero-order valence-electron chi connectivity index (χ0n) is 10.3. The molecule has 1 aliphatic carbocycles. The lowest BCUT2D eigenvalue weighted by molar-refractivity contribution is -0.126. The Morgan fingerprint density at radius 1 is 1.50 bits per heavy atom. The van der Waals surface area contributed by atoms with Crippen molar-refractivity contribution in [1.29, 1.82) is 0 Å². The highest BCUT2D eigenvalue weighted by atomic mass is 16.5. The molecule has 0 aromatic rings. The fourth-order valence-corrected chi connectivity index (χ4v) is 2.20. The molecule has 1 fully saturated rings. The van der Waals surface area contributed by atoms with Crippen LogP contribution < -0.4 is 5.32 Å². The van der Waals surface area contributed by atoms with Gasteiger partial charge in [-0.15, -0.1) is 0 Å². The quantitative estimate of drug-likeness (QED) is 0.720. The predicted molar refractivity (Wildman–Crippen MR) is 62.1 cm³/mol. The summed E-state index contributed by atoms with van der Waals surface area (Å²) in [7, 11) is 1.65. The molecule has 0 radical (unpaired) electrons. The van der Waals surface area contributed by atoms with Gasteiger partial charge in [0.2, 0.25) is 5.91 Å². The van der Waals surface area contributed by atoms with Gasteiger partial charge in [-0.3, -0.25) is 4.79 Å². The number of methoxy groups -OCH3 is 1. The minimum Gasteiger partial charge on any atom is -0.389 e. The van der Waals surface area contributed by atoms with Crippen molar-refractivity contribution in [3.05, 3.63) is 0 Å². The molecule has 1 rings (SSSR count). The van der Waals surface area contributed by atoms with Crippen molar-refractivity contribution in [3.63, 3.8) is 0 Å². The van der Waals surface area contributed by atoms with E-state index in [4.69, 9.17) is 4.74 Å². The first kappa shape index (κ1) is 13.5. The first-order valence-electron chi connectivity index (χ1n) is 6.06. The molecule has 1 atom stereocenters. The summed E-state index contributed by atoms with van der Waals surface area (Å²) < 4.78 is 4.95. The molecule has 0 saturated heterocycles. The van der Waals surface area contributed by atoms with Crippen LogP contribution in [-0.2, 0) is 9.53 Å². The second-order valence-electron chi connectivity index (χ2n) is 4.86. The van der Waals surface area contributed by atoms with Crippen LogP contribution in [0, 0.1) is 0 Å². The predicted octanol–water partition coefficient (Wildman–Crippen LogP) is 1.22. The number of rotatable bonds is 6. The van der Waals surface area contributed by atoms with Gasteiger partial charge < -0.3 is 15.2 Å². The Bertz CT molecular complexity index is 224. The summed E-state index contributed by atoms with van der Waals surface area (Å²) in [5.74, 6) is -0.0481. The van der Waals surface area contributed by atoms with Gasteiger partial charge >= 0.3 is 0 Å². The van der Waals surface area contributed by atoms with E-state index < -0.39 is 5.60 Å². The molecule has 1 amide bonds. The normalized spacial score (nSPS) is 20.7. The Labute approximate surface area is 97.4 Å². The first-order valence-corrected chi connectivity index (χ1v) is 6.06.